The minimum absolute atomic E-state index is 0.209. The van der Waals surface area contributed by atoms with Crippen LogP contribution in [0.25, 0.3) is 0 Å². The molecule has 1 aromatic carbocycles. The first-order valence-corrected chi connectivity index (χ1v) is 4.87. The van der Waals surface area contributed by atoms with Gasteiger partial charge >= 0.3 is 0 Å². The second-order valence-corrected chi connectivity index (χ2v) is 3.33. The summed E-state index contributed by atoms with van der Waals surface area (Å²) in [7, 11) is 1.63. The lowest BCUT2D eigenvalue weighted by atomic mass is 10.2. The minimum Gasteiger partial charge on any atom is -0.319 e. The van der Waals surface area contributed by atoms with E-state index in [1.807, 2.05) is 6.07 Å². The Kier molecular flexibility index (Phi) is 2.83. The zero-order valence-corrected chi connectivity index (χ0v) is 9.08. The number of rotatable bonds is 2. The molecule has 6 nitrogen and oxygen atoms in total. The second-order valence-electron chi connectivity index (χ2n) is 3.33. The van der Waals surface area contributed by atoms with E-state index in [4.69, 9.17) is 5.26 Å². The van der Waals surface area contributed by atoms with Crippen LogP contribution in [0.1, 0.15) is 16.1 Å². The maximum Gasteiger partial charge on any atom is 0.277 e. The number of amides is 1. The fourth-order valence-electron chi connectivity index (χ4n) is 1.33. The fourth-order valence-corrected chi connectivity index (χ4v) is 1.33. The van der Waals surface area contributed by atoms with E-state index < -0.39 is 0 Å². The van der Waals surface area contributed by atoms with Crippen molar-refractivity contribution in [2.45, 2.75) is 0 Å². The van der Waals surface area contributed by atoms with Crippen LogP contribution in [0.3, 0.4) is 0 Å². The molecule has 0 saturated carbocycles. The fraction of sp³-hybridized carbons (Fsp3) is 0.0909. The summed E-state index contributed by atoms with van der Waals surface area (Å²) in [4.78, 5) is 13.1. The van der Waals surface area contributed by atoms with Crippen LogP contribution in [0, 0.1) is 11.3 Å². The maximum absolute atomic E-state index is 11.8. The Bertz CT molecular complexity index is 596. The van der Waals surface area contributed by atoms with E-state index in [9.17, 15) is 4.79 Å². The van der Waals surface area contributed by atoms with Crippen molar-refractivity contribution in [3.05, 3.63) is 41.7 Å². The third-order valence-electron chi connectivity index (χ3n) is 2.13. The van der Waals surface area contributed by atoms with E-state index >= 15 is 0 Å². The van der Waals surface area contributed by atoms with Crippen LogP contribution in [0.4, 0.5) is 5.69 Å². The summed E-state index contributed by atoms with van der Waals surface area (Å²) >= 11 is 0. The average Bonchev–Trinajstić information content (AvgIpc) is 2.77. The number of anilines is 1. The van der Waals surface area contributed by atoms with Crippen molar-refractivity contribution in [3.8, 4) is 6.07 Å². The molecule has 0 aliphatic heterocycles. The third kappa shape index (κ3) is 2.29. The van der Waals surface area contributed by atoms with Gasteiger partial charge in [0, 0.05) is 7.05 Å². The largest absolute Gasteiger partial charge is 0.319 e. The van der Waals surface area contributed by atoms with Gasteiger partial charge in [-0.2, -0.15) is 15.2 Å². The molecule has 0 radical (unpaired) electrons. The molecule has 0 bridgehead atoms. The van der Waals surface area contributed by atoms with Crippen LogP contribution in [-0.2, 0) is 7.05 Å². The van der Waals surface area contributed by atoms with Crippen LogP contribution < -0.4 is 5.32 Å². The van der Waals surface area contributed by atoms with Gasteiger partial charge in [-0.25, -0.2) is 0 Å². The lowest BCUT2D eigenvalue weighted by Gasteiger charge is -2.03. The molecule has 2 aromatic rings. The minimum atomic E-state index is -0.388. The first-order chi connectivity index (χ1) is 8.20. The highest BCUT2D eigenvalue weighted by Gasteiger charge is 2.11. The van der Waals surface area contributed by atoms with Gasteiger partial charge in [0.2, 0.25) is 0 Å². The number of nitriles is 1. The zero-order chi connectivity index (χ0) is 12.3. The molecule has 0 aliphatic rings. The molecule has 1 N–H and O–H groups in total. The first-order valence-electron chi connectivity index (χ1n) is 4.87. The summed E-state index contributed by atoms with van der Waals surface area (Å²) in [5.74, 6) is -0.388. The third-order valence-corrected chi connectivity index (χ3v) is 2.13. The molecule has 0 unspecified atom stereocenters. The van der Waals surface area contributed by atoms with Gasteiger partial charge in [0.05, 0.1) is 17.4 Å². The van der Waals surface area contributed by atoms with Gasteiger partial charge in [-0.05, 0) is 12.1 Å². The Morgan fingerprint density at radius 3 is 2.88 bits per heavy atom. The predicted molar refractivity (Wildman–Crippen MR) is 60.1 cm³/mol. The number of carbonyl (C=O) groups is 1. The van der Waals surface area contributed by atoms with Crippen LogP contribution in [-0.4, -0.2) is 20.9 Å². The van der Waals surface area contributed by atoms with Gasteiger partial charge < -0.3 is 5.32 Å². The van der Waals surface area contributed by atoms with E-state index in [1.54, 1.807) is 31.3 Å². The Balaban J connectivity index is 2.22. The molecule has 0 fully saturated rings. The standard InChI is InChI=1S/C11H9N5O/c1-16-13-7-10(15-16)11(17)14-9-5-3-2-4-8(9)6-12/h2-5,7H,1H3,(H,14,17). The predicted octanol–water partition coefficient (Wildman–Crippen LogP) is 0.939. The number of hydrogen-bond acceptors (Lipinski definition) is 4. The summed E-state index contributed by atoms with van der Waals surface area (Å²) in [5, 5.41) is 19.2. The molecule has 6 heteroatoms. The van der Waals surface area contributed by atoms with Crippen molar-refractivity contribution in [3.63, 3.8) is 0 Å². The number of hydrogen-bond donors (Lipinski definition) is 1. The number of aryl methyl sites for hydroxylation is 1. The van der Waals surface area contributed by atoms with E-state index in [0.29, 0.717) is 11.3 Å². The van der Waals surface area contributed by atoms with E-state index in [-0.39, 0.29) is 11.6 Å². The van der Waals surface area contributed by atoms with Crippen molar-refractivity contribution in [1.29, 1.82) is 5.26 Å². The van der Waals surface area contributed by atoms with E-state index in [1.165, 1.54) is 11.0 Å². The summed E-state index contributed by atoms with van der Waals surface area (Å²) in [6.45, 7) is 0. The number of benzene rings is 1. The zero-order valence-electron chi connectivity index (χ0n) is 9.08. The smallest absolute Gasteiger partial charge is 0.277 e. The Hall–Kier alpha value is -2.68. The first kappa shape index (κ1) is 10.8. The maximum atomic E-state index is 11.8. The van der Waals surface area contributed by atoms with Gasteiger partial charge in [-0.15, -0.1) is 5.10 Å². The molecule has 0 aliphatic carbocycles. The molecule has 0 saturated heterocycles. The summed E-state index contributed by atoms with van der Waals surface area (Å²) < 4.78 is 0. The Labute approximate surface area is 97.5 Å². The topological polar surface area (TPSA) is 83.6 Å². The lowest BCUT2D eigenvalue weighted by Crippen LogP contribution is -2.13. The molecule has 17 heavy (non-hydrogen) atoms. The number of carbonyl (C=O) groups excluding carboxylic acids is 1. The summed E-state index contributed by atoms with van der Waals surface area (Å²) in [6, 6.07) is 8.77. The molecular weight excluding hydrogens is 218 g/mol. The lowest BCUT2D eigenvalue weighted by molar-refractivity contribution is 0.102. The van der Waals surface area contributed by atoms with Crippen molar-refractivity contribution < 1.29 is 4.79 Å². The quantitative estimate of drug-likeness (QED) is 0.827. The van der Waals surface area contributed by atoms with Gasteiger partial charge in [-0.3, -0.25) is 4.79 Å². The molecule has 1 amide bonds. The van der Waals surface area contributed by atoms with Crippen LogP contribution in [0.2, 0.25) is 0 Å². The van der Waals surface area contributed by atoms with Gasteiger partial charge in [0.15, 0.2) is 5.69 Å². The monoisotopic (exact) mass is 227 g/mol. The van der Waals surface area contributed by atoms with Gasteiger partial charge in [0.25, 0.3) is 5.91 Å². The number of para-hydroxylation sites is 1. The molecule has 1 heterocycles. The summed E-state index contributed by atoms with van der Waals surface area (Å²) in [5.41, 5.74) is 1.08. The molecule has 84 valence electrons. The summed E-state index contributed by atoms with van der Waals surface area (Å²) in [6.07, 6.45) is 1.37. The molecular formula is C11H9N5O. The highest BCUT2D eigenvalue weighted by Crippen LogP contribution is 2.14. The number of nitrogens with zero attached hydrogens (tertiary/aromatic N) is 4. The van der Waals surface area contributed by atoms with Crippen LogP contribution in [0.15, 0.2) is 30.5 Å². The Morgan fingerprint density at radius 2 is 2.24 bits per heavy atom. The van der Waals surface area contributed by atoms with Crippen molar-refractivity contribution >= 4 is 11.6 Å². The van der Waals surface area contributed by atoms with Crippen molar-refractivity contribution in [2.75, 3.05) is 5.32 Å². The van der Waals surface area contributed by atoms with Crippen LogP contribution >= 0.6 is 0 Å². The molecule has 2 rings (SSSR count). The SMILES string of the molecule is Cn1ncc(C(=O)Nc2ccccc2C#N)n1. The number of aromatic nitrogens is 3. The highest BCUT2D eigenvalue weighted by atomic mass is 16.2. The second kappa shape index (κ2) is 4.45. The average molecular weight is 227 g/mol. The van der Waals surface area contributed by atoms with Crippen molar-refractivity contribution in [1.82, 2.24) is 15.0 Å². The van der Waals surface area contributed by atoms with E-state index in [0.717, 1.165) is 0 Å². The van der Waals surface area contributed by atoms with Gasteiger partial charge in [0.1, 0.15) is 6.07 Å². The van der Waals surface area contributed by atoms with Gasteiger partial charge in [-0.1, -0.05) is 12.1 Å². The van der Waals surface area contributed by atoms with Crippen LogP contribution in [0.5, 0.6) is 0 Å². The van der Waals surface area contributed by atoms with Crippen molar-refractivity contribution in [2.24, 2.45) is 7.05 Å². The molecule has 1 aromatic heterocycles. The Morgan fingerprint density at radius 1 is 1.47 bits per heavy atom. The number of nitrogens with one attached hydrogen (secondary N) is 1. The molecule has 0 atom stereocenters. The van der Waals surface area contributed by atoms with E-state index in [2.05, 4.69) is 15.5 Å². The normalized spacial score (nSPS) is 9.65. The molecule has 0 spiro atoms. The highest BCUT2D eigenvalue weighted by molar-refractivity contribution is 6.03.